The van der Waals surface area contributed by atoms with E-state index in [1.807, 2.05) is 49.4 Å². The first-order chi connectivity index (χ1) is 17.9. The Labute approximate surface area is 226 Å². The first-order valence-corrected chi connectivity index (χ1v) is 13.3. The Bertz CT molecular complexity index is 1660. The first kappa shape index (κ1) is 23.9. The van der Waals surface area contributed by atoms with Crippen LogP contribution >= 0.6 is 23.2 Å². The van der Waals surface area contributed by atoms with E-state index in [-0.39, 0.29) is 5.91 Å². The van der Waals surface area contributed by atoms with Crippen LogP contribution in [0.1, 0.15) is 40.0 Å². The van der Waals surface area contributed by atoms with Crippen molar-refractivity contribution in [3.63, 3.8) is 0 Å². The Morgan fingerprint density at radius 1 is 0.865 bits per heavy atom. The summed E-state index contributed by atoms with van der Waals surface area (Å²) in [5, 5.41) is 4.21. The number of nitrogens with zero attached hydrogens (tertiary/aromatic N) is 2. The van der Waals surface area contributed by atoms with Crippen LogP contribution in [0.5, 0.6) is 0 Å². The standard InChI is InChI=1S/C31H27Cl2N3O/c1-19-9-11-21(12-10-19)28-24-8-3-4-15-35-27(22-13-14-25(32)26(33)17-22)18-36(31(24)35)29(28)30(37)34-23-7-5-6-20(2)16-23/h5-7,9-14,16-18H,3-4,8,15H2,1-2H3,(H,34,37). The van der Waals surface area contributed by atoms with Crippen LogP contribution in [0.3, 0.4) is 0 Å². The van der Waals surface area contributed by atoms with Crippen molar-refractivity contribution >= 4 is 40.4 Å². The lowest BCUT2D eigenvalue weighted by Crippen LogP contribution is -2.15. The number of aromatic nitrogens is 2. The molecule has 0 atom stereocenters. The molecule has 1 amide bonds. The van der Waals surface area contributed by atoms with Gasteiger partial charge in [-0.25, -0.2) is 0 Å². The van der Waals surface area contributed by atoms with Crippen molar-refractivity contribution in [3.05, 3.63) is 105 Å². The van der Waals surface area contributed by atoms with Crippen LogP contribution in [0.2, 0.25) is 10.0 Å². The average molecular weight is 528 g/mol. The Morgan fingerprint density at radius 3 is 2.41 bits per heavy atom. The predicted octanol–water partition coefficient (Wildman–Crippen LogP) is 8.59. The molecule has 0 spiro atoms. The van der Waals surface area contributed by atoms with Gasteiger partial charge in [-0.05, 0) is 68.5 Å². The number of anilines is 1. The second-order valence-electron chi connectivity index (χ2n) is 9.84. The largest absolute Gasteiger partial charge is 0.325 e. The van der Waals surface area contributed by atoms with Crippen molar-refractivity contribution in [1.82, 2.24) is 8.97 Å². The van der Waals surface area contributed by atoms with Gasteiger partial charge < -0.3 is 9.88 Å². The fraction of sp³-hybridized carbons (Fsp3) is 0.194. The Morgan fingerprint density at radius 2 is 1.65 bits per heavy atom. The number of nitrogens with one attached hydrogen (secondary N) is 1. The maximum absolute atomic E-state index is 14.0. The van der Waals surface area contributed by atoms with Gasteiger partial charge in [0.2, 0.25) is 0 Å². The van der Waals surface area contributed by atoms with E-state index in [1.165, 1.54) is 11.1 Å². The van der Waals surface area contributed by atoms with Crippen LogP contribution in [-0.2, 0) is 13.0 Å². The Balaban J connectivity index is 1.61. The highest BCUT2D eigenvalue weighted by molar-refractivity contribution is 6.42. The number of imidazole rings is 1. The molecule has 1 aliphatic rings. The highest BCUT2D eigenvalue weighted by Crippen LogP contribution is 2.40. The van der Waals surface area contributed by atoms with E-state index in [0.29, 0.717) is 15.7 Å². The molecule has 6 rings (SSSR count). The summed E-state index contributed by atoms with van der Waals surface area (Å²) in [6.45, 7) is 4.98. The molecule has 0 radical (unpaired) electrons. The van der Waals surface area contributed by atoms with E-state index in [1.54, 1.807) is 0 Å². The minimum Gasteiger partial charge on any atom is -0.325 e. The number of hydrogen-bond acceptors (Lipinski definition) is 1. The summed E-state index contributed by atoms with van der Waals surface area (Å²) in [5.41, 5.74) is 10.1. The molecular formula is C31H27Cl2N3O. The summed E-state index contributed by atoms with van der Waals surface area (Å²) in [5.74, 6) is -0.124. The van der Waals surface area contributed by atoms with Gasteiger partial charge in [-0.2, -0.15) is 0 Å². The van der Waals surface area contributed by atoms with Crippen LogP contribution in [-0.4, -0.2) is 14.9 Å². The Kier molecular flexibility index (Phi) is 6.10. The lowest BCUT2D eigenvalue weighted by molar-refractivity contribution is 0.102. The van der Waals surface area contributed by atoms with Gasteiger partial charge in [0.15, 0.2) is 0 Å². The normalized spacial score (nSPS) is 13.1. The summed E-state index contributed by atoms with van der Waals surface area (Å²) in [6.07, 6.45) is 5.10. The van der Waals surface area contributed by atoms with Gasteiger partial charge in [0.25, 0.3) is 5.91 Å². The van der Waals surface area contributed by atoms with Crippen LogP contribution in [0.4, 0.5) is 5.69 Å². The molecule has 186 valence electrons. The number of halogens is 2. The quantitative estimate of drug-likeness (QED) is 0.249. The lowest BCUT2D eigenvalue weighted by atomic mass is 9.97. The number of rotatable bonds is 4. The van der Waals surface area contributed by atoms with Gasteiger partial charge in [0.05, 0.1) is 15.7 Å². The van der Waals surface area contributed by atoms with E-state index >= 15 is 0 Å². The number of hydrogen-bond donors (Lipinski definition) is 1. The molecule has 0 saturated heterocycles. The van der Waals surface area contributed by atoms with Crippen molar-refractivity contribution < 1.29 is 4.79 Å². The lowest BCUT2D eigenvalue weighted by Gasteiger charge is -2.11. The number of carbonyl (C=O) groups is 1. The zero-order valence-electron chi connectivity index (χ0n) is 20.8. The van der Waals surface area contributed by atoms with Crippen molar-refractivity contribution in [2.24, 2.45) is 0 Å². The van der Waals surface area contributed by atoms with Gasteiger partial charge in [0, 0.05) is 35.1 Å². The predicted molar refractivity (Wildman–Crippen MR) is 153 cm³/mol. The van der Waals surface area contributed by atoms with E-state index in [9.17, 15) is 4.79 Å². The minimum atomic E-state index is -0.124. The highest BCUT2D eigenvalue weighted by atomic mass is 35.5. The van der Waals surface area contributed by atoms with Crippen LogP contribution in [0.25, 0.3) is 28.0 Å². The second kappa shape index (κ2) is 9.44. The molecule has 4 nitrogen and oxygen atoms in total. The smallest absolute Gasteiger partial charge is 0.273 e. The fourth-order valence-electron chi connectivity index (χ4n) is 5.44. The summed E-state index contributed by atoms with van der Waals surface area (Å²) in [7, 11) is 0. The molecule has 0 unspecified atom stereocenters. The third-order valence-corrected chi connectivity index (χ3v) is 7.92. The zero-order valence-corrected chi connectivity index (χ0v) is 22.3. The number of amides is 1. The topological polar surface area (TPSA) is 38.4 Å². The monoisotopic (exact) mass is 527 g/mol. The summed E-state index contributed by atoms with van der Waals surface area (Å²) in [6, 6.07) is 22.1. The van der Waals surface area contributed by atoms with Crippen LogP contribution in [0, 0.1) is 13.8 Å². The van der Waals surface area contributed by atoms with Crippen LogP contribution in [0.15, 0.2) is 72.9 Å². The van der Waals surface area contributed by atoms with E-state index < -0.39 is 0 Å². The number of benzene rings is 3. The van der Waals surface area contributed by atoms with Gasteiger partial charge >= 0.3 is 0 Å². The number of carbonyl (C=O) groups excluding carboxylic acids is 1. The third-order valence-electron chi connectivity index (χ3n) is 7.18. The van der Waals surface area contributed by atoms with Gasteiger partial charge in [0.1, 0.15) is 11.3 Å². The zero-order chi connectivity index (χ0) is 25.7. The summed E-state index contributed by atoms with van der Waals surface area (Å²) in [4.78, 5) is 14.0. The van der Waals surface area contributed by atoms with E-state index in [4.69, 9.17) is 23.2 Å². The number of aryl methyl sites for hydroxylation is 4. The summed E-state index contributed by atoms with van der Waals surface area (Å²) < 4.78 is 4.42. The van der Waals surface area contributed by atoms with E-state index in [2.05, 4.69) is 51.7 Å². The molecule has 0 bridgehead atoms. The van der Waals surface area contributed by atoms with Crippen molar-refractivity contribution in [2.45, 2.75) is 39.7 Å². The SMILES string of the molecule is Cc1ccc(-c2c3c4n(c(-c5ccc(Cl)c(Cl)c5)cn4c2C(=O)Nc2cccc(C)c2)CCCC3)cc1. The first-order valence-electron chi connectivity index (χ1n) is 12.6. The molecule has 2 aromatic heterocycles. The molecular weight excluding hydrogens is 501 g/mol. The molecule has 3 aromatic carbocycles. The maximum atomic E-state index is 14.0. The molecule has 37 heavy (non-hydrogen) atoms. The molecule has 1 aliphatic heterocycles. The summed E-state index contributed by atoms with van der Waals surface area (Å²) >= 11 is 12.6. The third kappa shape index (κ3) is 4.24. The van der Waals surface area contributed by atoms with Crippen LogP contribution < -0.4 is 5.32 Å². The fourth-order valence-corrected chi connectivity index (χ4v) is 5.74. The average Bonchev–Trinajstić information content (AvgIpc) is 3.29. The molecule has 0 fully saturated rings. The van der Waals surface area contributed by atoms with Gasteiger partial charge in [-0.15, -0.1) is 0 Å². The molecule has 0 aliphatic carbocycles. The second-order valence-corrected chi connectivity index (χ2v) is 10.7. The molecule has 6 heteroatoms. The van der Waals surface area contributed by atoms with Gasteiger partial charge in [-0.1, -0.05) is 71.2 Å². The van der Waals surface area contributed by atoms with Crippen molar-refractivity contribution in [2.75, 3.05) is 5.32 Å². The highest BCUT2D eigenvalue weighted by Gasteiger charge is 2.29. The molecule has 0 saturated carbocycles. The van der Waals surface area contributed by atoms with Crippen molar-refractivity contribution in [1.29, 1.82) is 0 Å². The molecule has 3 heterocycles. The van der Waals surface area contributed by atoms with E-state index in [0.717, 1.165) is 65.1 Å². The Hall–Kier alpha value is -3.47. The molecule has 5 aromatic rings. The minimum absolute atomic E-state index is 0.124. The van der Waals surface area contributed by atoms with Gasteiger partial charge in [-0.3, -0.25) is 9.20 Å². The maximum Gasteiger partial charge on any atom is 0.273 e. The van der Waals surface area contributed by atoms with Crippen molar-refractivity contribution in [3.8, 4) is 22.4 Å². The molecule has 1 N–H and O–H groups in total.